The molecule has 1 aromatic carbocycles. The zero-order valence-electron chi connectivity index (χ0n) is 19.3. The van der Waals surface area contributed by atoms with Gasteiger partial charge in [0.1, 0.15) is 5.82 Å². The van der Waals surface area contributed by atoms with Crippen LogP contribution in [0, 0.1) is 11.8 Å². The molecule has 1 aliphatic heterocycles. The molecule has 0 spiro atoms. The fraction of sp³-hybridized carbons (Fsp3) is 0.571. The van der Waals surface area contributed by atoms with Gasteiger partial charge in [0.2, 0.25) is 5.91 Å². The third-order valence-electron chi connectivity index (χ3n) is 5.72. The molecule has 1 aliphatic rings. The minimum absolute atomic E-state index is 0.250. The standard InChI is InChI=1S/C21H32N6O4S/c1-13(2)9-18-23-17-11-15(24-32(30,31)25(3)4)10-16(19(17)26(18)5)21(29)27-8-6-7-14(12-27)20(22)28/h10-11,13-14,24H,6-9,12H2,1-5H3,(H2,22,28)/t14-/m0/s1. The summed E-state index contributed by atoms with van der Waals surface area (Å²) in [4.78, 5) is 31.6. The minimum Gasteiger partial charge on any atom is -0.369 e. The number of primary amides is 1. The van der Waals surface area contributed by atoms with E-state index in [0.29, 0.717) is 48.3 Å². The summed E-state index contributed by atoms with van der Waals surface area (Å²) in [5, 5.41) is 0. The molecule has 0 unspecified atom stereocenters. The smallest absolute Gasteiger partial charge is 0.301 e. The van der Waals surface area contributed by atoms with Crippen molar-refractivity contribution in [1.29, 1.82) is 0 Å². The maximum absolute atomic E-state index is 13.6. The van der Waals surface area contributed by atoms with Crippen LogP contribution in [0.4, 0.5) is 5.69 Å². The zero-order valence-corrected chi connectivity index (χ0v) is 20.1. The van der Waals surface area contributed by atoms with Gasteiger partial charge in [0.15, 0.2) is 0 Å². The first kappa shape index (κ1) is 24.0. The van der Waals surface area contributed by atoms with Crippen LogP contribution in [0.2, 0.25) is 0 Å². The number of nitrogens with one attached hydrogen (secondary N) is 1. The number of anilines is 1. The number of imidazole rings is 1. The van der Waals surface area contributed by atoms with E-state index < -0.39 is 16.1 Å². The van der Waals surface area contributed by atoms with Crippen LogP contribution in [-0.4, -0.2) is 66.2 Å². The summed E-state index contributed by atoms with van der Waals surface area (Å²) in [6.45, 7) is 4.92. The lowest BCUT2D eigenvalue weighted by Gasteiger charge is -2.31. The number of aryl methyl sites for hydroxylation is 1. The molecule has 0 radical (unpaired) electrons. The zero-order chi connectivity index (χ0) is 23.8. The number of benzene rings is 1. The van der Waals surface area contributed by atoms with Crippen LogP contribution >= 0.6 is 0 Å². The number of nitrogens with zero attached hydrogens (tertiary/aromatic N) is 4. The summed E-state index contributed by atoms with van der Waals surface area (Å²) in [7, 11) is 0.936. The Balaban J connectivity index is 2.11. The summed E-state index contributed by atoms with van der Waals surface area (Å²) in [5.74, 6) is 0.0904. The van der Waals surface area contributed by atoms with E-state index in [1.807, 2.05) is 11.6 Å². The number of carbonyl (C=O) groups excluding carboxylic acids is 2. The van der Waals surface area contributed by atoms with E-state index in [-0.39, 0.29) is 24.1 Å². The van der Waals surface area contributed by atoms with Crippen molar-refractivity contribution in [2.75, 3.05) is 31.9 Å². The molecule has 1 fully saturated rings. The van der Waals surface area contributed by atoms with Gasteiger partial charge in [-0.1, -0.05) is 13.8 Å². The average molecular weight is 465 g/mol. The molecule has 3 rings (SSSR count). The Morgan fingerprint density at radius 3 is 2.59 bits per heavy atom. The Hall–Kier alpha value is -2.66. The third-order valence-corrected chi connectivity index (χ3v) is 7.18. The lowest BCUT2D eigenvalue weighted by Crippen LogP contribution is -2.44. The summed E-state index contributed by atoms with van der Waals surface area (Å²) in [5.41, 5.74) is 7.26. The molecule has 3 N–H and O–H groups in total. The van der Waals surface area contributed by atoms with Crippen molar-refractivity contribution >= 4 is 38.7 Å². The van der Waals surface area contributed by atoms with Gasteiger partial charge in [-0.15, -0.1) is 0 Å². The number of hydrogen-bond acceptors (Lipinski definition) is 5. The van der Waals surface area contributed by atoms with E-state index in [4.69, 9.17) is 5.73 Å². The molecular formula is C21H32N6O4S. The highest BCUT2D eigenvalue weighted by Gasteiger charge is 2.30. The maximum Gasteiger partial charge on any atom is 0.301 e. The van der Waals surface area contributed by atoms with Crippen LogP contribution < -0.4 is 10.5 Å². The Labute approximate surface area is 188 Å². The molecule has 0 aliphatic carbocycles. The van der Waals surface area contributed by atoms with Crippen molar-refractivity contribution in [2.24, 2.45) is 24.6 Å². The third kappa shape index (κ3) is 4.88. The Kier molecular flexibility index (Phi) is 6.80. The molecular weight excluding hydrogens is 432 g/mol. The molecule has 10 nitrogen and oxygen atoms in total. The monoisotopic (exact) mass is 464 g/mol. The first-order valence-corrected chi connectivity index (χ1v) is 12.1. The van der Waals surface area contributed by atoms with Crippen LogP contribution in [0.5, 0.6) is 0 Å². The average Bonchev–Trinajstić information content (AvgIpc) is 3.01. The normalized spacial score (nSPS) is 17.3. The SMILES string of the molecule is CC(C)Cc1nc2cc(NS(=O)(=O)N(C)C)cc(C(=O)N3CCC[C@H](C(N)=O)C3)c2n1C. The second-order valence-corrected chi connectivity index (χ2v) is 10.8. The number of fused-ring (bicyclic) bond motifs is 1. The number of likely N-dealkylation sites (tertiary alicyclic amines) is 1. The fourth-order valence-corrected chi connectivity index (χ4v) is 4.57. The summed E-state index contributed by atoms with van der Waals surface area (Å²) in [6.07, 6.45) is 2.05. The van der Waals surface area contributed by atoms with E-state index in [1.54, 1.807) is 17.0 Å². The predicted octanol–water partition coefficient (Wildman–Crippen LogP) is 1.33. The molecule has 0 saturated carbocycles. The van der Waals surface area contributed by atoms with Crippen LogP contribution in [0.1, 0.15) is 42.9 Å². The van der Waals surface area contributed by atoms with Crippen molar-refractivity contribution in [2.45, 2.75) is 33.1 Å². The first-order valence-electron chi connectivity index (χ1n) is 10.7. The Morgan fingerprint density at radius 2 is 2.00 bits per heavy atom. The van der Waals surface area contributed by atoms with Gasteiger partial charge in [-0.3, -0.25) is 14.3 Å². The largest absolute Gasteiger partial charge is 0.369 e. The molecule has 176 valence electrons. The quantitative estimate of drug-likeness (QED) is 0.638. The number of carbonyl (C=O) groups is 2. The Bertz CT molecular complexity index is 1140. The molecule has 1 saturated heterocycles. The predicted molar refractivity (Wildman–Crippen MR) is 123 cm³/mol. The van der Waals surface area contributed by atoms with Gasteiger partial charge in [0, 0.05) is 40.7 Å². The highest BCUT2D eigenvalue weighted by atomic mass is 32.2. The molecule has 1 atom stereocenters. The summed E-state index contributed by atoms with van der Waals surface area (Å²) >= 11 is 0. The van der Waals surface area contributed by atoms with Gasteiger partial charge in [-0.2, -0.15) is 12.7 Å². The van der Waals surface area contributed by atoms with Crippen molar-refractivity contribution in [1.82, 2.24) is 18.8 Å². The highest BCUT2D eigenvalue weighted by molar-refractivity contribution is 7.90. The molecule has 1 aromatic heterocycles. The molecule has 2 amide bonds. The van der Waals surface area contributed by atoms with Crippen molar-refractivity contribution in [3.05, 3.63) is 23.5 Å². The number of aromatic nitrogens is 2. The highest BCUT2D eigenvalue weighted by Crippen LogP contribution is 2.29. The van der Waals surface area contributed by atoms with Crippen LogP contribution in [0.15, 0.2) is 12.1 Å². The summed E-state index contributed by atoms with van der Waals surface area (Å²) < 4.78 is 30.3. The van der Waals surface area contributed by atoms with Gasteiger partial charge in [0.25, 0.3) is 5.91 Å². The second-order valence-electron chi connectivity index (χ2n) is 8.96. The number of nitrogens with two attached hydrogens (primary N) is 1. The van der Waals surface area contributed by atoms with Crippen molar-refractivity contribution in [3.8, 4) is 0 Å². The molecule has 0 bridgehead atoms. The van der Waals surface area contributed by atoms with Gasteiger partial charge < -0.3 is 15.2 Å². The second kappa shape index (κ2) is 9.07. The van der Waals surface area contributed by atoms with Gasteiger partial charge in [0.05, 0.1) is 28.2 Å². The number of amides is 2. The molecule has 2 aromatic rings. The van der Waals surface area contributed by atoms with E-state index in [9.17, 15) is 18.0 Å². The van der Waals surface area contributed by atoms with E-state index in [0.717, 1.165) is 10.1 Å². The first-order chi connectivity index (χ1) is 14.9. The summed E-state index contributed by atoms with van der Waals surface area (Å²) in [6, 6.07) is 3.18. The van der Waals surface area contributed by atoms with Crippen LogP contribution in [0.3, 0.4) is 0 Å². The fourth-order valence-electron chi connectivity index (χ4n) is 3.97. The van der Waals surface area contributed by atoms with E-state index in [1.165, 1.54) is 14.1 Å². The molecule has 32 heavy (non-hydrogen) atoms. The lowest BCUT2D eigenvalue weighted by atomic mass is 9.96. The van der Waals surface area contributed by atoms with E-state index in [2.05, 4.69) is 23.6 Å². The van der Waals surface area contributed by atoms with E-state index >= 15 is 0 Å². The number of hydrogen-bond donors (Lipinski definition) is 2. The van der Waals surface area contributed by atoms with Crippen LogP contribution in [0.25, 0.3) is 11.0 Å². The number of piperidine rings is 1. The van der Waals surface area contributed by atoms with Gasteiger partial charge >= 0.3 is 10.2 Å². The maximum atomic E-state index is 13.6. The van der Waals surface area contributed by atoms with Gasteiger partial charge in [-0.25, -0.2) is 4.98 Å². The topological polar surface area (TPSA) is 131 Å². The molecule has 11 heteroatoms. The molecule has 2 heterocycles. The Morgan fingerprint density at radius 1 is 1.31 bits per heavy atom. The van der Waals surface area contributed by atoms with Crippen molar-refractivity contribution in [3.63, 3.8) is 0 Å². The van der Waals surface area contributed by atoms with Crippen molar-refractivity contribution < 1.29 is 18.0 Å². The number of rotatable bonds is 7. The van der Waals surface area contributed by atoms with Crippen LogP contribution in [-0.2, 0) is 28.5 Å². The lowest BCUT2D eigenvalue weighted by molar-refractivity contribution is -0.123. The minimum atomic E-state index is -3.77. The van der Waals surface area contributed by atoms with Gasteiger partial charge in [-0.05, 0) is 30.9 Å².